The van der Waals surface area contributed by atoms with E-state index in [9.17, 15) is 9.59 Å². The van der Waals surface area contributed by atoms with Gasteiger partial charge in [0, 0.05) is 6.42 Å². The second-order valence-corrected chi connectivity index (χ2v) is 5.05. The Labute approximate surface area is 91.0 Å². The third-order valence-electron chi connectivity index (χ3n) is 1.24. The van der Waals surface area contributed by atoms with E-state index in [2.05, 4.69) is 0 Å². The van der Waals surface area contributed by atoms with E-state index in [4.69, 9.17) is 39.9 Å². The first-order valence-corrected chi connectivity index (χ1v) is 4.62. The molecule has 0 aliphatic carbocycles. The van der Waals surface area contributed by atoms with Gasteiger partial charge in [-0.1, -0.05) is 34.8 Å². The first-order chi connectivity index (χ1) is 5.73. The molecule has 0 aromatic carbocycles. The van der Waals surface area contributed by atoms with Crippen molar-refractivity contribution >= 4 is 46.4 Å². The molecule has 0 radical (unpaired) electrons. The highest BCUT2D eigenvalue weighted by atomic mass is 35.6. The van der Waals surface area contributed by atoms with E-state index in [1.165, 1.54) is 6.92 Å². The fourth-order valence-electron chi connectivity index (χ4n) is 0.681. The Hall–Kier alpha value is 0.170. The highest BCUT2D eigenvalue weighted by molar-refractivity contribution is 6.68. The van der Waals surface area contributed by atoms with Gasteiger partial charge < -0.3 is 5.11 Å². The van der Waals surface area contributed by atoms with Crippen molar-refractivity contribution in [1.29, 1.82) is 0 Å². The molecule has 0 unspecified atom stereocenters. The molecule has 0 aromatic heterocycles. The van der Waals surface area contributed by atoms with E-state index in [-0.39, 0.29) is 18.6 Å². The number of aliphatic hydroxyl groups is 1. The lowest BCUT2D eigenvalue weighted by atomic mass is 10.1. The topological polar surface area (TPSA) is 54.4 Å². The molecule has 6 heteroatoms. The van der Waals surface area contributed by atoms with Gasteiger partial charge in [0.15, 0.2) is 0 Å². The Morgan fingerprint density at radius 3 is 2.15 bits per heavy atom. The van der Waals surface area contributed by atoms with Crippen LogP contribution in [0.3, 0.4) is 0 Å². The molecule has 76 valence electrons. The minimum absolute atomic E-state index is 0.238. The molecule has 0 aliphatic rings. The summed E-state index contributed by atoms with van der Waals surface area (Å²) in [6.07, 6.45) is -1.93. The van der Waals surface area contributed by atoms with E-state index in [1.54, 1.807) is 0 Å². The standard InChI is InChI=1S/C7H9Cl3O3/c1-4(11)2-5(12)3-6(13)7(8,9)10/h6,13H,2-3H2,1H3/t6-/m1/s1. The van der Waals surface area contributed by atoms with E-state index < -0.39 is 15.7 Å². The number of alkyl halides is 3. The summed E-state index contributed by atoms with van der Waals surface area (Å²) in [6, 6.07) is 0. The molecule has 0 saturated heterocycles. The lowest BCUT2D eigenvalue weighted by Gasteiger charge is -2.17. The summed E-state index contributed by atoms with van der Waals surface area (Å²) >= 11 is 15.9. The van der Waals surface area contributed by atoms with E-state index in [1.807, 2.05) is 0 Å². The lowest BCUT2D eigenvalue weighted by Crippen LogP contribution is -2.28. The number of aliphatic hydroxyl groups excluding tert-OH is 1. The van der Waals surface area contributed by atoms with Gasteiger partial charge >= 0.3 is 0 Å². The molecule has 0 saturated carbocycles. The molecule has 0 rings (SSSR count). The SMILES string of the molecule is CC(=O)CC(=O)C[C@@H](O)C(Cl)(Cl)Cl. The first-order valence-electron chi connectivity index (χ1n) is 3.49. The van der Waals surface area contributed by atoms with E-state index in [0.717, 1.165) is 0 Å². The maximum atomic E-state index is 11.0. The normalized spacial score (nSPS) is 13.9. The molecule has 1 atom stereocenters. The summed E-state index contributed by atoms with van der Waals surface area (Å²) in [6.45, 7) is 1.28. The fourth-order valence-corrected chi connectivity index (χ4v) is 0.913. The van der Waals surface area contributed by atoms with Crippen molar-refractivity contribution in [2.45, 2.75) is 29.7 Å². The van der Waals surface area contributed by atoms with Crippen LogP contribution in [0.25, 0.3) is 0 Å². The van der Waals surface area contributed by atoms with Gasteiger partial charge in [0.25, 0.3) is 0 Å². The Bertz CT molecular complexity index is 210. The van der Waals surface area contributed by atoms with Crippen LogP contribution >= 0.6 is 34.8 Å². The minimum Gasteiger partial charge on any atom is -0.388 e. The van der Waals surface area contributed by atoms with E-state index >= 15 is 0 Å². The zero-order valence-corrected chi connectivity index (χ0v) is 9.16. The molecular formula is C7H9Cl3O3. The van der Waals surface area contributed by atoms with Crippen LogP contribution in [0.15, 0.2) is 0 Å². The third-order valence-corrected chi connectivity index (χ3v) is 2.00. The van der Waals surface area contributed by atoms with Gasteiger partial charge in [-0.15, -0.1) is 0 Å². The van der Waals surface area contributed by atoms with Crippen molar-refractivity contribution in [3.8, 4) is 0 Å². The molecule has 3 nitrogen and oxygen atoms in total. The quantitative estimate of drug-likeness (QED) is 0.607. The van der Waals surface area contributed by atoms with Crippen LogP contribution < -0.4 is 0 Å². The number of carbonyl (C=O) groups is 2. The fraction of sp³-hybridized carbons (Fsp3) is 0.714. The van der Waals surface area contributed by atoms with Crippen LogP contribution in [0, 0.1) is 0 Å². The van der Waals surface area contributed by atoms with Crippen LogP contribution in [-0.2, 0) is 9.59 Å². The number of hydrogen-bond donors (Lipinski definition) is 1. The Kier molecular flexibility index (Phi) is 5.22. The van der Waals surface area contributed by atoms with Crippen molar-refractivity contribution in [2.75, 3.05) is 0 Å². The number of ketones is 2. The number of Topliss-reactive ketones (excluding diaryl/α,β-unsaturated/α-hetero) is 2. The van der Waals surface area contributed by atoms with Crippen LogP contribution in [0.2, 0.25) is 0 Å². The molecule has 0 fully saturated rings. The average Bonchev–Trinajstić information content (AvgIpc) is 1.82. The number of carbonyl (C=O) groups excluding carboxylic acids is 2. The van der Waals surface area contributed by atoms with Gasteiger partial charge in [0.2, 0.25) is 3.79 Å². The van der Waals surface area contributed by atoms with Gasteiger partial charge in [-0.25, -0.2) is 0 Å². The number of rotatable bonds is 4. The van der Waals surface area contributed by atoms with E-state index in [0.29, 0.717) is 0 Å². The molecule has 0 aromatic rings. The monoisotopic (exact) mass is 246 g/mol. The summed E-state index contributed by atoms with van der Waals surface area (Å²) in [5, 5.41) is 9.14. The van der Waals surface area contributed by atoms with Crippen LogP contribution in [0.1, 0.15) is 19.8 Å². The van der Waals surface area contributed by atoms with Crippen molar-refractivity contribution in [1.82, 2.24) is 0 Å². The predicted octanol–water partition coefficient (Wildman–Crippen LogP) is 1.66. The third kappa shape index (κ3) is 6.27. The van der Waals surface area contributed by atoms with Gasteiger partial charge in [0.1, 0.15) is 17.7 Å². The molecule has 0 heterocycles. The summed E-state index contributed by atoms with van der Waals surface area (Å²) in [4.78, 5) is 21.4. The molecule has 0 spiro atoms. The van der Waals surface area contributed by atoms with Gasteiger partial charge in [-0.2, -0.15) is 0 Å². The maximum absolute atomic E-state index is 11.0. The molecule has 0 amide bonds. The van der Waals surface area contributed by atoms with Crippen molar-refractivity contribution in [2.24, 2.45) is 0 Å². The Balaban J connectivity index is 4.00. The first kappa shape index (κ1) is 13.2. The zero-order valence-electron chi connectivity index (χ0n) is 6.89. The summed E-state index contributed by atoms with van der Waals surface area (Å²) in [7, 11) is 0. The Morgan fingerprint density at radius 2 is 1.85 bits per heavy atom. The van der Waals surface area contributed by atoms with Crippen LogP contribution in [0.5, 0.6) is 0 Å². The number of hydrogen-bond acceptors (Lipinski definition) is 3. The zero-order chi connectivity index (χ0) is 10.6. The molecule has 0 aliphatic heterocycles. The molecular weight excluding hydrogens is 238 g/mol. The van der Waals surface area contributed by atoms with Crippen molar-refractivity contribution in [3.05, 3.63) is 0 Å². The largest absolute Gasteiger partial charge is 0.388 e. The number of halogens is 3. The second kappa shape index (κ2) is 5.15. The van der Waals surface area contributed by atoms with Crippen molar-refractivity contribution in [3.63, 3.8) is 0 Å². The van der Waals surface area contributed by atoms with Crippen LogP contribution in [0.4, 0.5) is 0 Å². The maximum Gasteiger partial charge on any atom is 0.216 e. The highest BCUT2D eigenvalue weighted by Crippen LogP contribution is 2.31. The van der Waals surface area contributed by atoms with Crippen LogP contribution in [-0.4, -0.2) is 26.6 Å². The van der Waals surface area contributed by atoms with Gasteiger partial charge in [0.05, 0.1) is 6.42 Å². The highest BCUT2D eigenvalue weighted by Gasteiger charge is 2.32. The molecule has 1 N–H and O–H groups in total. The van der Waals surface area contributed by atoms with Gasteiger partial charge in [-0.3, -0.25) is 9.59 Å². The smallest absolute Gasteiger partial charge is 0.216 e. The summed E-state index contributed by atoms with van der Waals surface area (Å²) in [5.74, 6) is -0.715. The second-order valence-electron chi connectivity index (χ2n) is 2.68. The molecule has 13 heavy (non-hydrogen) atoms. The summed E-state index contributed by atoms with van der Waals surface area (Å²) < 4.78 is -1.88. The average molecular weight is 248 g/mol. The van der Waals surface area contributed by atoms with Crippen molar-refractivity contribution < 1.29 is 14.7 Å². The lowest BCUT2D eigenvalue weighted by molar-refractivity contribution is -0.126. The Morgan fingerprint density at radius 1 is 1.38 bits per heavy atom. The van der Waals surface area contributed by atoms with Gasteiger partial charge in [-0.05, 0) is 6.92 Å². The minimum atomic E-state index is -1.88. The predicted molar refractivity (Wildman–Crippen MR) is 51.2 cm³/mol. The molecule has 0 bridgehead atoms. The summed E-state index contributed by atoms with van der Waals surface area (Å²) in [5.41, 5.74) is 0.